The first-order valence-corrected chi connectivity index (χ1v) is 15.5. The van der Waals surface area contributed by atoms with Gasteiger partial charge in [0.25, 0.3) is 5.56 Å². The van der Waals surface area contributed by atoms with Gasteiger partial charge in [0.05, 0.1) is 18.8 Å². The zero-order valence-electron chi connectivity index (χ0n) is 22.1. The number of H-pyrrole nitrogens is 1. The van der Waals surface area contributed by atoms with Crippen molar-refractivity contribution in [1.82, 2.24) is 9.55 Å². The second kappa shape index (κ2) is 13.7. The van der Waals surface area contributed by atoms with Crippen LogP contribution in [0.15, 0.2) is 63.4 Å². The van der Waals surface area contributed by atoms with Crippen LogP contribution in [0.1, 0.15) is 18.2 Å². The number of benzene rings is 2. The highest BCUT2D eigenvalue weighted by Gasteiger charge is 2.43. The molecule has 16 nitrogen and oxygen atoms in total. The van der Waals surface area contributed by atoms with Crippen LogP contribution >= 0.6 is 15.2 Å². The molecule has 1 aliphatic rings. The van der Waals surface area contributed by atoms with E-state index in [4.69, 9.17) is 34.9 Å². The summed E-state index contributed by atoms with van der Waals surface area (Å²) in [4.78, 5) is 64.2. The van der Waals surface area contributed by atoms with Gasteiger partial charge in [0.15, 0.2) is 11.6 Å². The summed E-state index contributed by atoms with van der Waals surface area (Å²) in [6.45, 7) is 1.26. The zero-order valence-corrected chi connectivity index (χ0v) is 23.8. The fourth-order valence-corrected chi connectivity index (χ4v) is 6.22. The average Bonchev–Trinajstić information content (AvgIpc) is 3.33. The lowest BCUT2D eigenvalue weighted by Gasteiger charge is -2.22. The van der Waals surface area contributed by atoms with Crippen LogP contribution in [-0.4, -0.2) is 58.5 Å². The Morgan fingerprint density at radius 1 is 1.12 bits per heavy atom. The first-order chi connectivity index (χ1) is 20.0. The van der Waals surface area contributed by atoms with E-state index in [1.807, 2.05) is 0 Å². The number of rotatable bonds is 8. The SMILES string of the molecule is Cc1cn([C@H]2C[C@H](N=[N+]=[N-])[C@@H](CO)O2)c(=O)[nH]c1=O.O=P(O)(O)C(Nc1cccc(-c2ccc(F)c(F)c2)c1)P(=O)(O)O. The fourth-order valence-electron chi connectivity index (χ4n) is 4.02. The van der Waals surface area contributed by atoms with Crippen LogP contribution in [0.2, 0.25) is 0 Å². The summed E-state index contributed by atoms with van der Waals surface area (Å²) in [5.41, 5.74) is 5.97. The van der Waals surface area contributed by atoms with E-state index in [-0.39, 0.29) is 24.3 Å². The van der Waals surface area contributed by atoms with E-state index in [1.165, 1.54) is 41.1 Å². The molecule has 1 aliphatic heterocycles. The third kappa shape index (κ3) is 8.67. The van der Waals surface area contributed by atoms with E-state index in [0.717, 1.165) is 12.1 Å². The van der Waals surface area contributed by atoms with Gasteiger partial charge in [-0.15, -0.1) is 0 Å². The number of nitrogens with zero attached hydrogens (tertiary/aromatic N) is 4. The standard InChI is InChI=1S/C13H13F2NO6P2.C10H13N5O4/c14-11-5-4-9(7-12(11)15)8-2-1-3-10(6-8)16-13(23(17,18)19)24(20,21)22;1-5-3-15(10(18)12-9(5)17)8-2-6(13-14-11)7(4-16)19-8/h1-7,13,16H,(H2,17,18,19)(H2,20,21,22);3,6-8,16H,2,4H2,1H3,(H,12,17,18)/t;6-,7+,8+/m.0/s1. The van der Waals surface area contributed by atoms with Gasteiger partial charge in [-0.05, 0) is 47.8 Å². The minimum atomic E-state index is -5.15. The van der Waals surface area contributed by atoms with Crippen LogP contribution in [-0.2, 0) is 13.9 Å². The van der Waals surface area contributed by atoms with Gasteiger partial charge in [-0.3, -0.25) is 23.5 Å². The molecule has 3 atom stereocenters. The number of hydrogen-bond acceptors (Lipinski definition) is 8. The molecule has 0 spiro atoms. The topological polar surface area (TPSA) is 260 Å². The maximum Gasteiger partial charge on any atom is 0.360 e. The van der Waals surface area contributed by atoms with Gasteiger partial charge in [0, 0.05) is 28.8 Å². The monoisotopic (exact) mass is 646 g/mol. The van der Waals surface area contributed by atoms with Gasteiger partial charge in [-0.1, -0.05) is 23.3 Å². The summed E-state index contributed by atoms with van der Waals surface area (Å²) in [7, 11) is -10.3. The molecule has 232 valence electrons. The first-order valence-electron chi connectivity index (χ1n) is 12.1. The van der Waals surface area contributed by atoms with E-state index in [1.54, 1.807) is 6.92 Å². The van der Waals surface area contributed by atoms with Crippen LogP contribution < -0.4 is 16.6 Å². The second-order valence-electron chi connectivity index (χ2n) is 9.20. The van der Waals surface area contributed by atoms with Gasteiger partial charge in [-0.25, -0.2) is 13.6 Å². The molecule has 0 saturated carbocycles. The Labute approximate surface area is 240 Å². The van der Waals surface area contributed by atoms with Crippen molar-refractivity contribution in [3.05, 3.63) is 97.1 Å². The number of hydrogen-bond donors (Lipinski definition) is 7. The third-order valence-corrected chi connectivity index (χ3v) is 9.43. The molecule has 20 heteroatoms. The van der Waals surface area contributed by atoms with E-state index in [2.05, 4.69) is 20.3 Å². The van der Waals surface area contributed by atoms with E-state index >= 15 is 0 Å². The van der Waals surface area contributed by atoms with Crippen LogP contribution in [0.4, 0.5) is 14.5 Å². The van der Waals surface area contributed by atoms with Crippen molar-refractivity contribution in [2.45, 2.75) is 37.2 Å². The Kier molecular flexibility index (Phi) is 10.8. The number of aromatic nitrogens is 2. The molecule has 7 N–H and O–H groups in total. The molecule has 4 rings (SSSR count). The molecule has 2 heterocycles. The summed E-state index contributed by atoms with van der Waals surface area (Å²) in [6, 6.07) is 8.15. The molecule has 1 aromatic heterocycles. The van der Waals surface area contributed by atoms with Crippen molar-refractivity contribution in [3.8, 4) is 11.1 Å². The minimum Gasteiger partial charge on any atom is -0.394 e. The van der Waals surface area contributed by atoms with Gasteiger partial charge in [0.1, 0.15) is 6.23 Å². The van der Waals surface area contributed by atoms with Crippen molar-refractivity contribution < 1.29 is 47.3 Å². The number of anilines is 1. The quantitative estimate of drug-likeness (QED) is 0.0809. The van der Waals surface area contributed by atoms with E-state index in [9.17, 15) is 27.5 Å². The number of ether oxygens (including phenoxy) is 1. The Bertz CT molecular complexity index is 1710. The average molecular weight is 646 g/mol. The largest absolute Gasteiger partial charge is 0.394 e. The maximum absolute atomic E-state index is 13.3. The van der Waals surface area contributed by atoms with E-state index in [0.29, 0.717) is 11.1 Å². The molecule has 1 fully saturated rings. The second-order valence-corrected chi connectivity index (χ2v) is 13.0. The van der Waals surface area contributed by atoms with Crippen molar-refractivity contribution in [3.63, 3.8) is 0 Å². The lowest BCUT2D eigenvalue weighted by Crippen LogP contribution is -2.33. The lowest BCUT2D eigenvalue weighted by molar-refractivity contribution is -0.0271. The summed E-state index contributed by atoms with van der Waals surface area (Å²) >= 11 is 0. The van der Waals surface area contributed by atoms with Gasteiger partial charge < -0.3 is 34.7 Å². The van der Waals surface area contributed by atoms with Gasteiger partial charge in [0.2, 0.25) is 5.52 Å². The molecule has 0 amide bonds. The summed E-state index contributed by atoms with van der Waals surface area (Å²) in [5, 5.41) is 14.8. The lowest BCUT2D eigenvalue weighted by atomic mass is 10.0. The molecule has 1 saturated heterocycles. The smallest absolute Gasteiger partial charge is 0.360 e. The number of nitrogens with one attached hydrogen (secondary N) is 2. The first kappa shape index (κ1) is 33.8. The molecular formula is C23H26F2N6O10P2. The highest BCUT2D eigenvalue weighted by molar-refractivity contribution is 7.71. The van der Waals surface area contributed by atoms with Crippen molar-refractivity contribution in [2.75, 3.05) is 11.9 Å². The molecule has 2 aromatic carbocycles. The number of aliphatic hydroxyl groups is 1. The Hall–Kier alpha value is -3.69. The van der Waals surface area contributed by atoms with Crippen LogP contribution in [0.5, 0.6) is 0 Å². The van der Waals surface area contributed by atoms with Crippen LogP contribution in [0, 0.1) is 18.6 Å². The molecule has 0 unspecified atom stereocenters. The van der Waals surface area contributed by atoms with Gasteiger partial charge >= 0.3 is 20.9 Å². The highest BCUT2D eigenvalue weighted by Crippen LogP contribution is 2.59. The highest BCUT2D eigenvalue weighted by atomic mass is 31.2. The Morgan fingerprint density at radius 2 is 1.77 bits per heavy atom. The molecule has 43 heavy (non-hydrogen) atoms. The summed E-state index contributed by atoms with van der Waals surface area (Å²) < 4.78 is 55.5. The van der Waals surface area contributed by atoms with Gasteiger partial charge in [-0.2, -0.15) is 0 Å². The number of azide groups is 1. The normalized spacial score (nSPS) is 18.5. The number of aromatic amines is 1. The molecule has 0 radical (unpaired) electrons. The predicted molar refractivity (Wildman–Crippen MR) is 148 cm³/mol. The third-order valence-electron chi connectivity index (χ3n) is 6.09. The minimum absolute atomic E-state index is 0.00566. The Morgan fingerprint density at radius 3 is 2.35 bits per heavy atom. The predicted octanol–water partition coefficient (Wildman–Crippen LogP) is 2.49. The number of aliphatic hydroxyl groups excluding tert-OH is 1. The number of aryl methyl sites for hydroxylation is 1. The molecule has 0 bridgehead atoms. The van der Waals surface area contributed by atoms with E-state index < -0.39 is 62.0 Å². The van der Waals surface area contributed by atoms with Crippen molar-refractivity contribution >= 4 is 20.9 Å². The maximum atomic E-state index is 13.3. The summed E-state index contributed by atoms with van der Waals surface area (Å²) in [6.07, 6.45) is 0.329. The molecular weight excluding hydrogens is 620 g/mol. The summed E-state index contributed by atoms with van der Waals surface area (Å²) in [5.74, 6) is -2.11. The van der Waals surface area contributed by atoms with Crippen LogP contribution in [0.25, 0.3) is 21.6 Å². The zero-order chi connectivity index (χ0) is 32.1. The fraction of sp³-hybridized carbons (Fsp3) is 0.304. The molecule has 0 aliphatic carbocycles. The van der Waals surface area contributed by atoms with Crippen molar-refractivity contribution in [1.29, 1.82) is 0 Å². The van der Waals surface area contributed by atoms with Crippen molar-refractivity contribution in [2.24, 2.45) is 5.11 Å². The molecule has 3 aromatic rings. The Balaban J connectivity index is 0.000000242. The number of halogens is 2. The van der Waals surface area contributed by atoms with Crippen LogP contribution in [0.3, 0.4) is 0 Å².